The Hall–Kier alpha value is -3.03. The molecule has 2 aliphatic heterocycles. The monoisotopic (exact) mass is 383 g/mol. The zero-order valence-electron chi connectivity index (χ0n) is 16.0. The Bertz CT molecular complexity index is 880. The second-order valence-electron chi connectivity index (χ2n) is 7.56. The van der Waals surface area contributed by atoms with Gasteiger partial charge in [0.25, 0.3) is 0 Å². The lowest BCUT2D eigenvalue weighted by Crippen LogP contribution is -2.41. The summed E-state index contributed by atoms with van der Waals surface area (Å²) in [6.07, 6.45) is 5.58. The zero-order valence-corrected chi connectivity index (χ0v) is 16.0. The molecule has 0 aliphatic carbocycles. The number of nitrogens with zero attached hydrogens (tertiary/aromatic N) is 3. The molecule has 8 heteroatoms. The number of nitrogens with one attached hydrogen (secondary N) is 2. The first-order valence-electron chi connectivity index (χ1n) is 9.63. The summed E-state index contributed by atoms with van der Waals surface area (Å²) in [6.45, 7) is 4.22. The predicted molar refractivity (Wildman–Crippen MR) is 103 cm³/mol. The van der Waals surface area contributed by atoms with Gasteiger partial charge in [-0.05, 0) is 37.5 Å². The van der Waals surface area contributed by atoms with Gasteiger partial charge >= 0.3 is 12.1 Å². The Kier molecular flexibility index (Phi) is 4.93. The molecule has 0 unspecified atom stereocenters. The first-order chi connectivity index (χ1) is 13.5. The third kappa shape index (κ3) is 3.95. The summed E-state index contributed by atoms with van der Waals surface area (Å²) < 4.78 is 7.27. The molecule has 28 heavy (non-hydrogen) atoms. The van der Waals surface area contributed by atoms with Crippen LogP contribution in [0.5, 0.6) is 0 Å². The van der Waals surface area contributed by atoms with Crippen LogP contribution in [0.2, 0.25) is 0 Å². The van der Waals surface area contributed by atoms with Crippen molar-refractivity contribution in [3.63, 3.8) is 0 Å². The topological polar surface area (TPSA) is 88.5 Å². The number of hydrogen-bond donors (Lipinski definition) is 2. The molecule has 8 nitrogen and oxygen atoms in total. The van der Waals surface area contributed by atoms with Crippen LogP contribution in [-0.2, 0) is 11.3 Å². The van der Waals surface area contributed by atoms with Crippen molar-refractivity contribution in [2.45, 2.75) is 38.3 Å². The molecule has 3 amide bonds. The molecule has 0 radical (unpaired) electrons. The van der Waals surface area contributed by atoms with E-state index in [4.69, 9.17) is 4.74 Å². The summed E-state index contributed by atoms with van der Waals surface area (Å²) >= 11 is 0. The van der Waals surface area contributed by atoms with Crippen molar-refractivity contribution in [2.75, 3.05) is 19.6 Å². The highest BCUT2D eigenvalue weighted by atomic mass is 16.6. The molecule has 1 aromatic carbocycles. The summed E-state index contributed by atoms with van der Waals surface area (Å²) in [5, 5.41) is 10.1. The van der Waals surface area contributed by atoms with Crippen LogP contribution in [0.25, 0.3) is 5.69 Å². The molecule has 0 saturated carbocycles. The van der Waals surface area contributed by atoms with E-state index in [-0.39, 0.29) is 12.1 Å². The van der Waals surface area contributed by atoms with Crippen molar-refractivity contribution in [3.05, 3.63) is 47.8 Å². The van der Waals surface area contributed by atoms with Crippen LogP contribution in [-0.4, -0.2) is 52.0 Å². The summed E-state index contributed by atoms with van der Waals surface area (Å²) in [5.41, 5.74) is 2.65. The van der Waals surface area contributed by atoms with E-state index < -0.39 is 5.60 Å². The fourth-order valence-corrected chi connectivity index (χ4v) is 3.80. The minimum Gasteiger partial charge on any atom is -0.441 e. The number of ether oxygens (including phenoxy) is 1. The number of alkyl carbamates (subject to hydrolysis) is 1. The van der Waals surface area contributed by atoms with Gasteiger partial charge in [-0.3, -0.25) is 0 Å². The Balaban J connectivity index is 1.32. The Labute approximate surface area is 163 Å². The van der Waals surface area contributed by atoms with Crippen LogP contribution in [0.15, 0.2) is 36.7 Å². The molecule has 4 rings (SSSR count). The minimum absolute atomic E-state index is 0.0994. The highest BCUT2D eigenvalue weighted by Gasteiger charge is 2.41. The summed E-state index contributed by atoms with van der Waals surface area (Å²) in [7, 11) is 0. The number of aryl methyl sites for hydroxylation is 1. The van der Waals surface area contributed by atoms with E-state index in [1.165, 1.54) is 5.56 Å². The van der Waals surface area contributed by atoms with Crippen molar-refractivity contribution in [1.29, 1.82) is 0 Å². The van der Waals surface area contributed by atoms with E-state index in [0.717, 1.165) is 24.1 Å². The maximum absolute atomic E-state index is 12.6. The van der Waals surface area contributed by atoms with E-state index in [1.54, 1.807) is 11.1 Å². The molecule has 1 aromatic heterocycles. The molecule has 3 heterocycles. The van der Waals surface area contributed by atoms with Crippen molar-refractivity contribution >= 4 is 12.1 Å². The first-order valence-corrected chi connectivity index (χ1v) is 9.63. The van der Waals surface area contributed by atoms with E-state index in [0.29, 0.717) is 32.6 Å². The molecule has 1 spiro atoms. The van der Waals surface area contributed by atoms with E-state index >= 15 is 0 Å². The molecular weight excluding hydrogens is 358 g/mol. The first kappa shape index (κ1) is 18.3. The number of benzene rings is 1. The number of urea groups is 1. The predicted octanol–water partition coefficient (Wildman–Crippen LogP) is 2.35. The maximum Gasteiger partial charge on any atom is 0.407 e. The quantitative estimate of drug-likeness (QED) is 0.852. The van der Waals surface area contributed by atoms with Crippen LogP contribution in [0.3, 0.4) is 0 Å². The third-order valence-electron chi connectivity index (χ3n) is 5.40. The Morgan fingerprint density at radius 3 is 3.04 bits per heavy atom. The lowest BCUT2D eigenvalue weighted by atomic mass is 9.95. The molecular formula is C20H25N5O3. The highest BCUT2D eigenvalue weighted by molar-refractivity contribution is 5.74. The summed E-state index contributed by atoms with van der Waals surface area (Å²) in [6, 6.07) is 8.00. The van der Waals surface area contributed by atoms with E-state index in [9.17, 15) is 9.59 Å². The highest BCUT2D eigenvalue weighted by Crippen LogP contribution is 2.29. The maximum atomic E-state index is 12.6. The van der Waals surface area contributed by atoms with Crippen molar-refractivity contribution < 1.29 is 14.3 Å². The molecule has 2 fully saturated rings. The molecule has 1 atom stereocenters. The average Bonchev–Trinajstić information content (AvgIpc) is 3.23. The van der Waals surface area contributed by atoms with E-state index in [1.807, 2.05) is 36.0 Å². The third-order valence-corrected chi connectivity index (χ3v) is 5.40. The molecule has 2 aliphatic rings. The van der Waals surface area contributed by atoms with Gasteiger partial charge in [-0.15, -0.1) is 0 Å². The van der Waals surface area contributed by atoms with Gasteiger partial charge < -0.3 is 20.3 Å². The van der Waals surface area contributed by atoms with E-state index in [2.05, 4.69) is 21.8 Å². The van der Waals surface area contributed by atoms with Crippen LogP contribution in [0, 0.1) is 6.92 Å². The van der Waals surface area contributed by atoms with Crippen LogP contribution < -0.4 is 10.6 Å². The average molecular weight is 383 g/mol. The van der Waals surface area contributed by atoms with Crippen molar-refractivity contribution in [2.24, 2.45) is 0 Å². The number of carbonyl (C=O) groups is 2. The minimum atomic E-state index is -0.457. The lowest BCUT2D eigenvalue weighted by Gasteiger charge is -2.25. The largest absolute Gasteiger partial charge is 0.441 e. The van der Waals surface area contributed by atoms with Crippen molar-refractivity contribution in [1.82, 2.24) is 25.3 Å². The molecule has 2 aromatic rings. The molecule has 2 N–H and O–H groups in total. The molecule has 148 valence electrons. The number of aromatic nitrogens is 2. The van der Waals surface area contributed by atoms with Crippen molar-refractivity contribution in [3.8, 4) is 5.69 Å². The summed E-state index contributed by atoms with van der Waals surface area (Å²) in [4.78, 5) is 25.8. The lowest BCUT2D eigenvalue weighted by molar-refractivity contribution is 0.0453. The number of amides is 3. The van der Waals surface area contributed by atoms with Gasteiger partial charge in [0.2, 0.25) is 0 Å². The van der Waals surface area contributed by atoms with Gasteiger partial charge in [0.1, 0.15) is 5.60 Å². The van der Waals surface area contributed by atoms with Crippen LogP contribution in [0.1, 0.15) is 30.4 Å². The fourth-order valence-electron chi connectivity index (χ4n) is 3.80. The summed E-state index contributed by atoms with van der Waals surface area (Å²) in [5.74, 6) is 0. The van der Waals surface area contributed by atoms with Gasteiger partial charge in [-0.1, -0.05) is 12.1 Å². The standard InChI is InChI=1S/C20H25N5O3/c1-15-4-2-5-17(10-15)25-13-16(12-23-25)11-21-18(26)24-8-3-6-20(7-9-24)14-22-19(27)28-20/h2,4-5,10,12-13H,3,6-9,11,14H2,1H3,(H,21,26)(H,22,27)/t20-/m0/s1. The van der Waals surface area contributed by atoms with Crippen LogP contribution >= 0.6 is 0 Å². The second kappa shape index (κ2) is 7.53. The number of likely N-dealkylation sites (tertiary alicyclic amines) is 1. The normalized spacial score (nSPS) is 21.9. The van der Waals surface area contributed by atoms with Crippen LogP contribution in [0.4, 0.5) is 9.59 Å². The SMILES string of the molecule is Cc1cccc(-n2cc(CNC(=O)N3CCC[C@]4(CC3)CNC(=O)O4)cn2)c1. The van der Waals surface area contributed by atoms with Gasteiger partial charge in [0.05, 0.1) is 18.4 Å². The second-order valence-corrected chi connectivity index (χ2v) is 7.56. The fraction of sp³-hybridized carbons (Fsp3) is 0.450. The number of carbonyl (C=O) groups excluding carboxylic acids is 2. The van der Waals surface area contributed by atoms with Gasteiger partial charge in [-0.25, -0.2) is 14.3 Å². The van der Waals surface area contributed by atoms with Gasteiger partial charge in [0, 0.05) is 37.8 Å². The zero-order chi connectivity index (χ0) is 19.6. The van der Waals surface area contributed by atoms with Gasteiger partial charge in [0.15, 0.2) is 0 Å². The number of rotatable bonds is 3. The Morgan fingerprint density at radius 2 is 2.25 bits per heavy atom. The smallest absolute Gasteiger partial charge is 0.407 e. The molecule has 0 bridgehead atoms. The van der Waals surface area contributed by atoms with Gasteiger partial charge in [-0.2, -0.15) is 5.10 Å². The Morgan fingerprint density at radius 1 is 1.36 bits per heavy atom. The molecule has 2 saturated heterocycles. The number of hydrogen-bond acceptors (Lipinski definition) is 4.